The number of H-pyrrole nitrogens is 1. The van der Waals surface area contributed by atoms with Gasteiger partial charge in [0.25, 0.3) is 0 Å². The van der Waals surface area contributed by atoms with Crippen LogP contribution in [0.4, 0.5) is 5.69 Å². The summed E-state index contributed by atoms with van der Waals surface area (Å²) in [6.07, 6.45) is 0. The second-order valence-electron chi connectivity index (χ2n) is 3.47. The molecule has 0 aliphatic heterocycles. The largest absolute Gasteiger partial charge is 0.494 e. The Balaban J connectivity index is 2.80. The highest BCUT2D eigenvalue weighted by Crippen LogP contribution is 2.37. The predicted molar refractivity (Wildman–Crippen MR) is 62.8 cm³/mol. The Hall–Kier alpha value is -2.37. The first-order valence-electron chi connectivity index (χ1n) is 4.85. The number of fused-ring (bicyclic) bond motifs is 1. The lowest BCUT2D eigenvalue weighted by Gasteiger charge is -2.08. The van der Waals surface area contributed by atoms with Gasteiger partial charge in [0.05, 0.1) is 25.4 Å². The summed E-state index contributed by atoms with van der Waals surface area (Å²) in [4.78, 5) is 13.6. The number of anilines is 1. The lowest BCUT2D eigenvalue weighted by molar-refractivity contribution is 0.0691. The van der Waals surface area contributed by atoms with Crippen LogP contribution in [0.25, 0.3) is 10.9 Å². The second-order valence-corrected chi connectivity index (χ2v) is 3.47. The summed E-state index contributed by atoms with van der Waals surface area (Å²) in [6.45, 7) is 0. The molecule has 0 saturated heterocycles. The molecule has 17 heavy (non-hydrogen) atoms. The monoisotopic (exact) mass is 236 g/mol. The second kappa shape index (κ2) is 3.89. The van der Waals surface area contributed by atoms with Gasteiger partial charge in [0.2, 0.25) is 0 Å². The molecule has 2 rings (SSSR count). The van der Waals surface area contributed by atoms with E-state index < -0.39 is 5.97 Å². The number of carboxylic acids is 1. The average Bonchev–Trinajstić information content (AvgIpc) is 2.75. The molecule has 4 N–H and O–H groups in total. The quantitative estimate of drug-likeness (QED) is 0.701. The zero-order chi connectivity index (χ0) is 12.6. The van der Waals surface area contributed by atoms with Gasteiger partial charge in [0.15, 0.2) is 0 Å². The van der Waals surface area contributed by atoms with E-state index in [2.05, 4.69) is 4.98 Å². The molecule has 0 aliphatic carbocycles. The molecule has 0 atom stereocenters. The smallest absolute Gasteiger partial charge is 0.352 e. The number of aromatic nitrogens is 1. The van der Waals surface area contributed by atoms with Gasteiger partial charge in [-0.1, -0.05) is 0 Å². The minimum atomic E-state index is -1.05. The molecule has 1 aromatic carbocycles. The molecule has 0 amide bonds. The van der Waals surface area contributed by atoms with Crippen LogP contribution in [-0.4, -0.2) is 30.3 Å². The molecule has 0 spiro atoms. The van der Waals surface area contributed by atoms with Crippen molar-refractivity contribution < 1.29 is 19.4 Å². The molecule has 2 aromatic rings. The van der Waals surface area contributed by atoms with E-state index >= 15 is 0 Å². The van der Waals surface area contributed by atoms with Gasteiger partial charge in [-0.15, -0.1) is 0 Å². The number of carboxylic acid groups (broad SMARTS) is 1. The Morgan fingerprint density at radius 1 is 1.29 bits per heavy atom. The Morgan fingerprint density at radius 2 is 1.94 bits per heavy atom. The van der Waals surface area contributed by atoms with Crippen LogP contribution < -0.4 is 15.2 Å². The van der Waals surface area contributed by atoms with Crippen molar-refractivity contribution in [2.45, 2.75) is 0 Å². The molecule has 6 heteroatoms. The molecule has 0 unspecified atom stereocenters. The summed E-state index contributed by atoms with van der Waals surface area (Å²) < 4.78 is 10.3. The summed E-state index contributed by atoms with van der Waals surface area (Å²) in [5.41, 5.74) is 6.85. The minimum absolute atomic E-state index is 0.0539. The van der Waals surface area contributed by atoms with Crippen LogP contribution in [0.5, 0.6) is 11.5 Å². The van der Waals surface area contributed by atoms with Gasteiger partial charge in [0, 0.05) is 11.5 Å². The van der Waals surface area contributed by atoms with Crippen LogP contribution in [0.2, 0.25) is 0 Å². The van der Waals surface area contributed by atoms with Crippen molar-refractivity contribution in [2.75, 3.05) is 20.0 Å². The van der Waals surface area contributed by atoms with Gasteiger partial charge in [-0.05, 0) is 6.07 Å². The van der Waals surface area contributed by atoms with Crippen molar-refractivity contribution in [3.63, 3.8) is 0 Å². The van der Waals surface area contributed by atoms with Crippen LogP contribution in [0.15, 0.2) is 12.1 Å². The first kappa shape index (κ1) is 11.1. The number of aromatic amines is 1. The van der Waals surface area contributed by atoms with Gasteiger partial charge < -0.3 is 25.3 Å². The zero-order valence-corrected chi connectivity index (χ0v) is 9.40. The number of methoxy groups -OCH3 is 2. The number of carbonyl (C=O) groups is 1. The number of nitrogen functional groups attached to an aromatic ring is 1. The van der Waals surface area contributed by atoms with Gasteiger partial charge >= 0.3 is 5.97 Å². The van der Waals surface area contributed by atoms with Gasteiger partial charge in [-0.2, -0.15) is 0 Å². The van der Waals surface area contributed by atoms with Crippen LogP contribution in [0.3, 0.4) is 0 Å². The van der Waals surface area contributed by atoms with Crippen molar-refractivity contribution in [3.05, 3.63) is 17.8 Å². The molecular formula is C11H12N2O4. The number of hydrogen-bond donors (Lipinski definition) is 3. The number of hydrogen-bond acceptors (Lipinski definition) is 4. The summed E-state index contributed by atoms with van der Waals surface area (Å²) in [6, 6.07) is 3.07. The molecule has 0 radical (unpaired) electrons. The fraction of sp³-hybridized carbons (Fsp3) is 0.182. The van der Waals surface area contributed by atoms with E-state index in [4.69, 9.17) is 20.3 Å². The highest BCUT2D eigenvalue weighted by atomic mass is 16.5. The molecule has 0 saturated carbocycles. The molecule has 90 valence electrons. The van der Waals surface area contributed by atoms with Gasteiger partial charge in [-0.25, -0.2) is 4.79 Å². The van der Waals surface area contributed by atoms with E-state index in [-0.39, 0.29) is 5.69 Å². The molecule has 1 aromatic heterocycles. The number of nitrogens with two attached hydrogens (primary N) is 1. The Labute approximate surface area is 96.9 Å². The van der Waals surface area contributed by atoms with E-state index in [0.29, 0.717) is 28.1 Å². The van der Waals surface area contributed by atoms with Crippen molar-refractivity contribution in [3.8, 4) is 11.5 Å². The first-order valence-corrected chi connectivity index (χ1v) is 4.85. The maximum absolute atomic E-state index is 10.9. The van der Waals surface area contributed by atoms with E-state index in [1.54, 1.807) is 6.07 Å². The first-order chi connectivity index (χ1) is 8.08. The van der Waals surface area contributed by atoms with Crippen molar-refractivity contribution >= 4 is 22.6 Å². The van der Waals surface area contributed by atoms with Crippen molar-refractivity contribution in [2.24, 2.45) is 0 Å². The number of aromatic carboxylic acids is 1. The summed E-state index contributed by atoms with van der Waals surface area (Å²) >= 11 is 0. The SMILES string of the molecule is COc1cc(OC)c2[nH]c(C(=O)O)cc2c1N. The van der Waals surface area contributed by atoms with Crippen LogP contribution >= 0.6 is 0 Å². The Kier molecular flexibility index (Phi) is 2.55. The number of ether oxygens (including phenoxy) is 2. The van der Waals surface area contributed by atoms with E-state index in [1.165, 1.54) is 20.3 Å². The van der Waals surface area contributed by atoms with E-state index in [0.717, 1.165) is 0 Å². The number of rotatable bonds is 3. The third-order valence-electron chi connectivity index (χ3n) is 2.55. The Morgan fingerprint density at radius 3 is 2.47 bits per heavy atom. The predicted octanol–water partition coefficient (Wildman–Crippen LogP) is 1.47. The third-order valence-corrected chi connectivity index (χ3v) is 2.55. The third kappa shape index (κ3) is 1.63. The highest BCUT2D eigenvalue weighted by Gasteiger charge is 2.16. The summed E-state index contributed by atoms with van der Waals surface area (Å²) in [5.74, 6) is -0.120. The average molecular weight is 236 g/mol. The fourth-order valence-corrected chi connectivity index (χ4v) is 1.71. The standard InChI is InChI=1S/C11H12N2O4/c1-16-7-4-8(17-2)10-5(9(7)12)3-6(13-10)11(14)15/h3-4,13H,12H2,1-2H3,(H,14,15). The van der Waals surface area contributed by atoms with Crippen LogP contribution in [0, 0.1) is 0 Å². The van der Waals surface area contributed by atoms with Crippen molar-refractivity contribution in [1.82, 2.24) is 4.98 Å². The molecule has 1 heterocycles. The lowest BCUT2D eigenvalue weighted by Crippen LogP contribution is -1.95. The lowest BCUT2D eigenvalue weighted by atomic mass is 10.2. The molecule has 0 bridgehead atoms. The maximum Gasteiger partial charge on any atom is 0.352 e. The van der Waals surface area contributed by atoms with E-state index in [9.17, 15) is 4.79 Å². The number of nitrogens with one attached hydrogen (secondary N) is 1. The highest BCUT2D eigenvalue weighted by molar-refractivity contribution is 6.03. The molecule has 0 aliphatic rings. The zero-order valence-electron chi connectivity index (χ0n) is 9.40. The fourth-order valence-electron chi connectivity index (χ4n) is 1.71. The maximum atomic E-state index is 10.9. The van der Waals surface area contributed by atoms with Crippen molar-refractivity contribution in [1.29, 1.82) is 0 Å². The van der Waals surface area contributed by atoms with Gasteiger partial charge in [-0.3, -0.25) is 0 Å². The minimum Gasteiger partial charge on any atom is -0.494 e. The topological polar surface area (TPSA) is 97.6 Å². The van der Waals surface area contributed by atoms with Gasteiger partial charge in [0.1, 0.15) is 17.2 Å². The summed E-state index contributed by atoms with van der Waals surface area (Å²) in [5, 5.41) is 9.49. The normalized spacial score (nSPS) is 10.5. The van der Waals surface area contributed by atoms with Crippen LogP contribution in [0.1, 0.15) is 10.5 Å². The number of benzene rings is 1. The molecular weight excluding hydrogens is 224 g/mol. The Bertz CT molecular complexity index is 589. The van der Waals surface area contributed by atoms with E-state index in [1.807, 2.05) is 0 Å². The molecule has 0 fully saturated rings. The van der Waals surface area contributed by atoms with Crippen LogP contribution in [-0.2, 0) is 0 Å². The molecule has 6 nitrogen and oxygen atoms in total. The summed E-state index contributed by atoms with van der Waals surface area (Å²) in [7, 11) is 2.98.